The second kappa shape index (κ2) is 6.56. The third-order valence-corrected chi connectivity index (χ3v) is 4.87. The number of hydrogen-bond acceptors (Lipinski definition) is 3. The number of fused-ring (bicyclic) bond motifs is 1. The number of nitrogens with one attached hydrogen (secondary N) is 1. The van der Waals surface area contributed by atoms with Gasteiger partial charge in [-0.15, -0.1) is 0 Å². The summed E-state index contributed by atoms with van der Waals surface area (Å²) in [6, 6.07) is 16.6. The van der Waals surface area contributed by atoms with Crippen LogP contribution in [0.15, 0.2) is 71.7 Å². The molecule has 4 nitrogen and oxygen atoms in total. The summed E-state index contributed by atoms with van der Waals surface area (Å²) < 4.78 is 26.9. The van der Waals surface area contributed by atoms with E-state index >= 15 is 0 Å². The molecule has 4 rings (SSSR count). The maximum atomic E-state index is 13.5. The Bertz CT molecular complexity index is 1090. The standard InChI is InChI=1S/C22H16F2N2O2/c1-22(15-5-9-17(24)10-6-15)20(13-2-7-16(23)8-3-13)25-19-12-14(21(27)28)4-11-18(19)26-22/h2-12,26H,1H3,(H,27,28). The van der Waals surface area contributed by atoms with Crippen molar-refractivity contribution in [1.82, 2.24) is 0 Å². The first kappa shape index (κ1) is 17.9. The lowest BCUT2D eigenvalue weighted by molar-refractivity contribution is 0.0697. The number of anilines is 1. The summed E-state index contributed by atoms with van der Waals surface area (Å²) in [4.78, 5) is 16.0. The minimum Gasteiger partial charge on any atom is -0.478 e. The molecule has 0 aliphatic carbocycles. The highest BCUT2D eigenvalue weighted by molar-refractivity contribution is 6.13. The monoisotopic (exact) mass is 378 g/mol. The van der Waals surface area contributed by atoms with Gasteiger partial charge in [-0.3, -0.25) is 0 Å². The van der Waals surface area contributed by atoms with E-state index in [2.05, 4.69) is 5.32 Å². The largest absolute Gasteiger partial charge is 0.478 e. The molecule has 0 saturated carbocycles. The van der Waals surface area contributed by atoms with Gasteiger partial charge in [0, 0.05) is 0 Å². The number of nitrogens with zero attached hydrogens (tertiary/aromatic N) is 1. The van der Waals surface area contributed by atoms with Gasteiger partial charge in [0.2, 0.25) is 0 Å². The molecule has 0 fully saturated rings. The molecule has 3 aromatic rings. The summed E-state index contributed by atoms with van der Waals surface area (Å²) in [7, 11) is 0. The zero-order valence-electron chi connectivity index (χ0n) is 14.9. The number of carboxylic acid groups (broad SMARTS) is 1. The number of benzene rings is 3. The second-order valence-corrected chi connectivity index (χ2v) is 6.76. The summed E-state index contributed by atoms with van der Waals surface area (Å²) in [5.74, 6) is -1.77. The van der Waals surface area contributed by atoms with Crippen LogP contribution in [0.2, 0.25) is 0 Å². The van der Waals surface area contributed by atoms with Crippen LogP contribution in [-0.2, 0) is 5.54 Å². The number of carboxylic acids is 1. The van der Waals surface area contributed by atoms with Crippen LogP contribution in [0, 0.1) is 11.6 Å². The molecular formula is C22H16F2N2O2. The Morgan fingerprint density at radius 1 is 0.964 bits per heavy atom. The Kier molecular flexibility index (Phi) is 4.19. The molecule has 1 heterocycles. The molecular weight excluding hydrogens is 362 g/mol. The van der Waals surface area contributed by atoms with Crippen molar-refractivity contribution in [2.75, 3.05) is 5.32 Å². The average molecular weight is 378 g/mol. The zero-order valence-corrected chi connectivity index (χ0v) is 14.9. The fourth-order valence-electron chi connectivity index (χ4n) is 3.38. The highest BCUT2D eigenvalue weighted by Gasteiger charge is 2.37. The van der Waals surface area contributed by atoms with E-state index < -0.39 is 11.5 Å². The van der Waals surface area contributed by atoms with Gasteiger partial charge in [0.1, 0.15) is 17.2 Å². The van der Waals surface area contributed by atoms with E-state index in [1.165, 1.54) is 36.4 Å². The fraction of sp³-hybridized carbons (Fsp3) is 0.0909. The minimum atomic E-state index is -1.05. The van der Waals surface area contributed by atoms with Crippen LogP contribution in [0.1, 0.15) is 28.4 Å². The lowest BCUT2D eigenvalue weighted by Gasteiger charge is -2.38. The van der Waals surface area contributed by atoms with E-state index in [1.54, 1.807) is 30.3 Å². The van der Waals surface area contributed by atoms with Gasteiger partial charge < -0.3 is 10.4 Å². The first-order valence-corrected chi connectivity index (χ1v) is 8.63. The molecule has 2 N–H and O–H groups in total. The number of aliphatic imine (C=N–C) groups is 1. The molecule has 1 atom stereocenters. The van der Waals surface area contributed by atoms with Crippen LogP contribution in [-0.4, -0.2) is 16.8 Å². The van der Waals surface area contributed by atoms with E-state index in [1.807, 2.05) is 6.92 Å². The number of halogens is 2. The maximum absolute atomic E-state index is 13.5. The molecule has 0 spiro atoms. The van der Waals surface area contributed by atoms with E-state index in [-0.39, 0.29) is 17.2 Å². The molecule has 0 amide bonds. The summed E-state index contributed by atoms with van der Waals surface area (Å²) in [6.07, 6.45) is 0. The Hall–Kier alpha value is -3.54. The predicted octanol–water partition coefficient (Wildman–Crippen LogP) is 5.12. The molecule has 28 heavy (non-hydrogen) atoms. The van der Waals surface area contributed by atoms with Gasteiger partial charge in [-0.05, 0) is 60.5 Å². The molecule has 6 heteroatoms. The maximum Gasteiger partial charge on any atom is 0.335 e. The van der Waals surface area contributed by atoms with Crippen LogP contribution >= 0.6 is 0 Å². The van der Waals surface area contributed by atoms with Crippen molar-refractivity contribution in [1.29, 1.82) is 0 Å². The van der Waals surface area contributed by atoms with Crippen molar-refractivity contribution in [2.45, 2.75) is 12.5 Å². The first-order chi connectivity index (χ1) is 13.4. The van der Waals surface area contributed by atoms with Crippen LogP contribution < -0.4 is 5.32 Å². The van der Waals surface area contributed by atoms with Crippen LogP contribution in [0.4, 0.5) is 20.2 Å². The normalized spacial score (nSPS) is 18.0. The number of rotatable bonds is 3. The SMILES string of the molecule is CC1(c2ccc(F)cc2)Nc2ccc(C(=O)O)cc2N=C1c1ccc(F)cc1. The Labute approximate surface area is 160 Å². The fourth-order valence-corrected chi connectivity index (χ4v) is 3.38. The summed E-state index contributed by atoms with van der Waals surface area (Å²) in [5.41, 5.74) is 2.43. The second-order valence-electron chi connectivity index (χ2n) is 6.76. The topological polar surface area (TPSA) is 61.7 Å². The molecule has 0 bridgehead atoms. The highest BCUT2D eigenvalue weighted by Crippen LogP contribution is 2.41. The van der Waals surface area contributed by atoms with Crippen LogP contribution in [0.5, 0.6) is 0 Å². The third-order valence-electron chi connectivity index (χ3n) is 4.87. The Morgan fingerprint density at radius 3 is 2.18 bits per heavy atom. The van der Waals surface area contributed by atoms with E-state index in [0.717, 1.165) is 5.56 Å². The zero-order chi connectivity index (χ0) is 19.9. The molecule has 1 aliphatic rings. The molecule has 140 valence electrons. The third kappa shape index (κ3) is 3.03. The number of carbonyl (C=O) groups is 1. The van der Waals surface area contributed by atoms with E-state index in [0.29, 0.717) is 22.6 Å². The summed E-state index contributed by atoms with van der Waals surface area (Å²) in [5, 5.41) is 12.7. The highest BCUT2D eigenvalue weighted by atomic mass is 19.1. The van der Waals surface area contributed by atoms with Gasteiger partial charge in [0.05, 0.1) is 22.6 Å². The van der Waals surface area contributed by atoms with E-state index in [4.69, 9.17) is 4.99 Å². The average Bonchev–Trinajstić information content (AvgIpc) is 2.68. The van der Waals surface area contributed by atoms with E-state index in [9.17, 15) is 18.7 Å². The first-order valence-electron chi connectivity index (χ1n) is 8.63. The summed E-state index contributed by atoms with van der Waals surface area (Å²) in [6.45, 7) is 1.90. The predicted molar refractivity (Wildman–Crippen MR) is 103 cm³/mol. The van der Waals surface area contributed by atoms with Gasteiger partial charge in [0.15, 0.2) is 0 Å². The Balaban J connectivity index is 1.92. The molecule has 1 aliphatic heterocycles. The minimum absolute atomic E-state index is 0.119. The lowest BCUT2D eigenvalue weighted by Crippen LogP contribution is -2.43. The molecule has 3 aromatic carbocycles. The van der Waals surface area contributed by atoms with Crippen LogP contribution in [0.25, 0.3) is 0 Å². The number of aromatic carboxylic acids is 1. The van der Waals surface area contributed by atoms with Crippen molar-refractivity contribution in [3.8, 4) is 0 Å². The van der Waals surface area contributed by atoms with Gasteiger partial charge in [-0.1, -0.05) is 24.3 Å². The molecule has 0 radical (unpaired) electrons. The van der Waals surface area contributed by atoms with Gasteiger partial charge in [0.25, 0.3) is 0 Å². The molecule has 0 saturated heterocycles. The van der Waals surface area contributed by atoms with Crippen molar-refractivity contribution in [3.05, 3.63) is 95.1 Å². The van der Waals surface area contributed by atoms with Gasteiger partial charge in [-0.2, -0.15) is 0 Å². The summed E-state index contributed by atoms with van der Waals surface area (Å²) >= 11 is 0. The van der Waals surface area contributed by atoms with Crippen molar-refractivity contribution < 1.29 is 18.7 Å². The smallest absolute Gasteiger partial charge is 0.335 e. The van der Waals surface area contributed by atoms with Crippen molar-refractivity contribution in [2.24, 2.45) is 4.99 Å². The lowest BCUT2D eigenvalue weighted by atomic mass is 9.81. The quantitative estimate of drug-likeness (QED) is 0.665. The molecule has 1 unspecified atom stereocenters. The number of hydrogen-bond donors (Lipinski definition) is 2. The Morgan fingerprint density at radius 2 is 1.57 bits per heavy atom. The molecule has 0 aromatic heterocycles. The van der Waals surface area contributed by atoms with Gasteiger partial charge >= 0.3 is 5.97 Å². The van der Waals surface area contributed by atoms with Gasteiger partial charge in [-0.25, -0.2) is 18.6 Å². The van der Waals surface area contributed by atoms with Crippen molar-refractivity contribution in [3.63, 3.8) is 0 Å². The van der Waals surface area contributed by atoms with Crippen molar-refractivity contribution >= 4 is 23.1 Å². The van der Waals surface area contributed by atoms with Crippen LogP contribution in [0.3, 0.4) is 0 Å².